The number of aliphatic hydroxyl groups excluding tert-OH is 1. The summed E-state index contributed by atoms with van der Waals surface area (Å²) in [6, 6.07) is 0. The van der Waals surface area contributed by atoms with Crippen LogP contribution in [0.25, 0.3) is 0 Å². The van der Waals surface area contributed by atoms with Gasteiger partial charge >= 0.3 is 0 Å². The molecule has 5 nitrogen and oxygen atoms in total. The fraction of sp³-hybridized carbons (Fsp3) is 0.923. The number of nitrogens with zero attached hydrogens (tertiary/aromatic N) is 3. The summed E-state index contributed by atoms with van der Waals surface area (Å²) < 4.78 is 0. The van der Waals surface area contributed by atoms with Crippen LogP contribution in [-0.4, -0.2) is 84.7 Å². The lowest BCUT2D eigenvalue weighted by molar-refractivity contribution is -0.133. The second-order valence-corrected chi connectivity index (χ2v) is 5.24. The highest BCUT2D eigenvalue weighted by atomic mass is 16.3. The van der Waals surface area contributed by atoms with Gasteiger partial charge in [-0.1, -0.05) is 0 Å². The zero-order chi connectivity index (χ0) is 12.8. The summed E-state index contributed by atoms with van der Waals surface area (Å²) in [6.45, 7) is 7.63. The minimum absolute atomic E-state index is 0.211. The second kappa shape index (κ2) is 7.07. The Kier molecular flexibility index (Phi) is 5.41. The summed E-state index contributed by atoms with van der Waals surface area (Å²) in [7, 11) is 0. The Balaban J connectivity index is 1.64. The first-order chi connectivity index (χ1) is 8.79. The number of likely N-dealkylation sites (tertiary alicyclic amines) is 1. The lowest BCUT2D eigenvalue weighted by Gasteiger charge is -2.34. The van der Waals surface area contributed by atoms with E-state index in [1.165, 1.54) is 12.8 Å². The second-order valence-electron chi connectivity index (χ2n) is 5.24. The van der Waals surface area contributed by atoms with E-state index in [0.29, 0.717) is 12.3 Å². The number of carbonyl (C=O) groups excluding carboxylic acids is 1. The van der Waals surface area contributed by atoms with Crippen LogP contribution < -0.4 is 0 Å². The number of piperazine rings is 1. The molecule has 0 aromatic carbocycles. The predicted octanol–water partition coefficient (Wildman–Crippen LogP) is -0.391. The number of hydrogen-bond donors (Lipinski definition) is 1. The van der Waals surface area contributed by atoms with Crippen LogP contribution in [0.5, 0.6) is 0 Å². The van der Waals surface area contributed by atoms with Crippen molar-refractivity contribution in [3.05, 3.63) is 0 Å². The summed E-state index contributed by atoms with van der Waals surface area (Å²) in [5.41, 5.74) is 0. The van der Waals surface area contributed by atoms with Gasteiger partial charge in [0.15, 0.2) is 0 Å². The predicted molar refractivity (Wildman–Crippen MR) is 70.4 cm³/mol. The van der Waals surface area contributed by atoms with Crippen molar-refractivity contribution in [2.75, 3.05) is 59.0 Å². The first kappa shape index (κ1) is 13.8. The Labute approximate surface area is 109 Å². The van der Waals surface area contributed by atoms with Crippen molar-refractivity contribution in [3.63, 3.8) is 0 Å². The van der Waals surface area contributed by atoms with E-state index in [1.54, 1.807) is 0 Å². The highest BCUT2D eigenvalue weighted by Gasteiger charge is 2.21. The first-order valence-electron chi connectivity index (χ1n) is 7.13. The van der Waals surface area contributed by atoms with E-state index in [1.807, 2.05) is 4.90 Å². The molecule has 0 atom stereocenters. The molecule has 0 radical (unpaired) electrons. The molecule has 0 bridgehead atoms. The molecule has 2 saturated heterocycles. The molecule has 0 saturated carbocycles. The van der Waals surface area contributed by atoms with Crippen LogP contribution in [-0.2, 0) is 4.79 Å². The van der Waals surface area contributed by atoms with Gasteiger partial charge in [-0.2, -0.15) is 0 Å². The Morgan fingerprint density at radius 1 is 0.889 bits per heavy atom. The van der Waals surface area contributed by atoms with Crippen LogP contribution in [0.2, 0.25) is 0 Å². The van der Waals surface area contributed by atoms with Crippen molar-refractivity contribution in [1.82, 2.24) is 14.7 Å². The third-order valence-electron chi connectivity index (χ3n) is 3.98. The molecule has 2 rings (SSSR count). The molecule has 2 aliphatic heterocycles. The topological polar surface area (TPSA) is 47.0 Å². The molecule has 5 heteroatoms. The van der Waals surface area contributed by atoms with Crippen LogP contribution in [0, 0.1) is 0 Å². The van der Waals surface area contributed by atoms with Gasteiger partial charge in [-0.05, 0) is 25.9 Å². The number of rotatable bonds is 5. The number of aliphatic hydroxyl groups is 1. The van der Waals surface area contributed by atoms with Gasteiger partial charge in [-0.3, -0.25) is 9.69 Å². The summed E-state index contributed by atoms with van der Waals surface area (Å²) >= 11 is 0. The number of β-amino-alcohol motifs (C(OH)–C–C–N with tert-alkyl or cyclic N) is 1. The van der Waals surface area contributed by atoms with E-state index in [4.69, 9.17) is 5.11 Å². The van der Waals surface area contributed by atoms with Crippen molar-refractivity contribution in [2.24, 2.45) is 0 Å². The van der Waals surface area contributed by atoms with Crippen molar-refractivity contribution in [2.45, 2.75) is 19.3 Å². The summed E-state index contributed by atoms with van der Waals surface area (Å²) in [4.78, 5) is 18.6. The van der Waals surface area contributed by atoms with Crippen molar-refractivity contribution in [1.29, 1.82) is 0 Å². The molecule has 0 unspecified atom stereocenters. The summed E-state index contributed by atoms with van der Waals surface area (Å²) in [6.07, 6.45) is 3.24. The third kappa shape index (κ3) is 3.93. The van der Waals surface area contributed by atoms with E-state index in [-0.39, 0.29) is 6.61 Å². The third-order valence-corrected chi connectivity index (χ3v) is 3.98. The molecule has 0 aromatic rings. The van der Waals surface area contributed by atoms with Gasteiger partial charge in [-0.25, -0.2) is 0 Å². The SMILES string of the molecule is O=C(CCN1CCCC1)N1CCN(CCO)CC1. The monoisotopic (exact) mass is 255 g/mol. The highest BCUT2D eigenvalue weighted by Crippen LogP contribution is 2.09. The molecular weight excluding hydrogens is 230 g/mol. The minimum atomic E-state index is 0.211. The molecule has 104 valence electrons. The minimum Gasteiger partial charge on any atom is -0.395 e. The maximum atomic E-state index is 12.1. The van der Waals surface area contributed by atoms with Crippen molar-refractivity contribution >= 4 is 5.91 Å². The van der Waals surface area contributed by atoms with Gasteiger partial charge in [0.05, 0.1) is 6.61 Å². The number of carbonyl (C=O) groups is 1. The van der Waals surface area contributed by atoms with Crippen molar-refractivity contribution < 1.29 is 9.90 Å². The molecular formula is C13H25N3O2. The molecule has 0 spiro atoms. The molecule has 18 heavy (non-hydrogen) atoms. The molecule has 0 aliphatic carbocycles. The molecule has 0 aromatic heterocycles. The summed E-state index contributed by atoms with van der Waals surface area (Å²) in [5, 5.41) is 8.87. The van der Waals surface area contributed by atoms with Gasteiger partial charge in [0.25, 0.3) is 0 Å². The quantitative estimate of drug-likeness (QED) is 0.727. The Morgan fingerprint density at radius 3 is 2.11 bits per heavy atom. The molecule has 2 heterocycles. The highest BCUT2D eigenvalue weighted by molar-refractivity contribution is 5.76. The zero-order valence-corrected chi connectivity index (χ0v) is 11.2. The Morgan fingerprint density at radius 2 is 1.50 bits per heavy atom. The maximum absolute atomic E-state index is 12.1. The maximum Gasteiger partial charge on any atom is 0.223 e. The van der Waals surface area contributed by atoms with Crippen LogP contribution >= 0.6 is 0 Å². The van der Waals surface area contributed by atoms with Crippen LogP contribution in [0.4, 0.5) is 0 Å². The van der Waals surface area contributed by atoms with E-state index >= 15 is 0 Å². The summed E-state index contributed by atoms with van der Waals surface area (Å²) in [5.74, 6) is 0.297. The zero-order valence-electron chi connectivity index (χ0n) is 11.2. The van der Waals surface area contributed by atoms with E-state index in [0.717, 1.165) is 52.4 Å². The lowest BCUT2D eigenvalue weighted by Crippen LogP contribution is -2.49. The van der Waals surface area contributed by atoms with Crippen LogP contribution in [0.1, 0.15) is 19.3 Å². The average molecular weight is 255 g/mol. The average Bonchev–Trinajstić information content (AvgIpc) is 2.90. The van der Waals surface area contributed by atoms with Gasteiger partial charge in [0.1, 0.15) is 0 Å². The fourth-order valence-electron chi connectivity index (χ4n) is 2.78. The standard InChI is InChI=1S/C13H25N3O2/c17-12-11-15-7-9-16(10-8-15)13(18)3-6-14-4-1-2-5-14/h17H,1-12H2. The first-order valence-corrected chi connectivity index (χ1v) is 7.13. The fourth-order valence-corrected chi connectivity index (χ4v) is 2.78. The number of amides is 1. The number of hydrogen-bond acceptors (Lipinski definition) is 4. The normalized spacial score (nSPS) is 22.6. The van der Waals surface area contributed by atoms with Crippen molar-refractivity contribution in [3.8, 4) is 0 Å². The van der Waals surface area contributed by atoms with E-state index in [2.05, 4.69) is 9.80 Å². The lowest BCUT2D eigenvalue weighted by atomic mass is 10.2. The molecule has 2 aliphatic rings. The molecule has 1 N–H and O–H groups in total. The van der Waals surface area contributed by atoms with E-state index < -0.39 is 0 Å². The largest absolute Gasteiger partial charge is 0.395 e. The smallest absolute Gasteiger partial charge is 0.223 e. The van der Waals surface area contributed by atoms with Gasteiger partial charge in [-0.15, -0.1) is 0 Å². The Hall–Kier alpha value is -0.650. The van der Waals surface area contributed by atoms with Crippen LogP contribution in [0.15, 0.2) is 0 Å². The van der Waals surface area contributed by atoms with Gasteiger partial charge in [0, 0.05) is 45.7 Å². The Bertz CT molecular complexity index is 259. The molecule has 1 amide bonds. The molecule has 2 fully saturated rings. The van der Waals surface area contributed by atoms with Gasteiger partial charge in [0.2, 0.25) is 5.91 Å². The van der Waals surface area contributed by atoms with Gasteiger partial charge < -0.3 is 14.9 Å². The van der Waals surface area contributed by atoms with E-state index in [9.17, 15) is 4.79 Å². The van der Waals surface area contributed by atoms with Crippen LogP contribution in [0.3, 0.4) is 0 Å².